The molecule has 1 aromatic heterocycles. The molecule has 0 unspecified atom stereocenters. The van der Waals surface area contributed by atoms with E-state index >= 15 is 0 Å². The van der Waals surface area contributed by atoms with Crippen LogP contribution >= 0.6 is 23.7 Å². The van der Waals surface area contributed by atoms with Crippen LogP contribution in [-0.4, -0.2) is 30.3 Å². The Morgan fingerprint density at radius 1 is 1.33 bits per heavy atom. The van der Waals surface area contributed by atoms with Gasteiger partial charge in [-0.1, -0.05) is 11.3 Å². The highest BCUT2D eigenvalue weighted by Crippen LogP contribution is 2.32. The number of thiazole rings is 1. The standard InChI is InChI=1S/C14H14F3N3O2S.ClH/c15-14(16,17)22-9-1-2-10-11(7-9)23-13(19-10)20-12(21)8-3-5-18-6-4-8;/h1-2,7-8,18H,3-6H2,(H,19,20,21);1H. The Balaban J connectivity index is 0.00000208. The summed E-state index contributed by atoms with van der Waals surface area (Å²) in [5.74, 6) is -0.463. The van der Waals surface area contributed by atoms with E-state index in [1.165, 1.54) is 18.2 Å². The Labute approximate surface area is 146 Å². The van der Waals surface area contributed by atoms with Gasteiger partial charge in [0.1, 0.15) is 5.75 Å². The molecule has 1 aliphatic rings. The topological polar surface area (TPSA) is 63.2 Å². The highest BCUT2D eigenvalue weighted by molar-refractivity contribution is 7.22. The number of halogens is 4. The number of anilines is 1. The Bertz CT molecular complexity index is 717. The smallest absolute Gasteiger partial charge is 0.406 e. The van der Waals surface area contributed by atoms with Crippen LogP contribution in [0.1, 0.15) is 12.8 Å². The first-order valence-corrected chi connectivity index (χ1v) is 7.90. The van der Waals surface area contributed by atoms with E-state index in [-0.39, 0.29) is 30.0 Å². The number of rotatable bonds is 3. The summed E-state index contributed by atoms with van der Waals surface area (Å²) in [4.78, 5) is 16.4. The van der Waals surface area contributed by atoms with E-state index in [9.17, 15) is 18.0 Å². The van der Waals surface area contributed by atoms with E-state index in [0.29, 0.717) is 15.3 Å². The first-order chi connectivity index (χ1) is 10.9. The van der Waals surface area contributed by atoms with Crippen molar-refractivity contribution >= 4 is 45.0 Å². The van der Waals surface area contributed by atoms with Gasteiger partial charge in [-0.3, -0.25) is 4.79 Å². The average Bonchev–Trinajstić information content (AvgIpc) is 2.88. The summed E-state index contributed by atoms with van der Waals surface area (Å²) in [6.07, 6.45) is -3.20. The lowest BCUT2D eigenvalue weighted by Gasteiger charge is -2.20. The molecule has 1 aliphatic heterocycles. The molecule has 0 aliphatic carbocycles. The van der Waals surface area contributed by atoms with Gasteiger partial charge in [0.25, 0.3) is 0 Å². The minimum Gasteiger partial charge on any atom is -0.406 e. The lowest BCUT2D eigenvalue weighted by Crippen LogP contribution is -2.34. The minimum absolute atomic E-state index is 0. The zero-order chi connectivity index (χ0) is 16.4. The van der Waals surface area contributed by atoms with Gasteiger partial charge in [-0.05, 0) is 38.1 Å². The Morgan fingerprint density at radius 3 is 2.71 bits per heavy atom. The fraction of sp³-hybridized carbons (Fsp3) is 0.429. The molecule has 24 heavy (non-hydrogen) atoms. The Kier molecular flexibility index (Phi) is 5.89. The molecule has 10 heteroatoms. The number of hydrogen-bond donors (Lipinski definition) is 2. The van der Waals surface area contributed by atoms with E-state index in [1.54, 1.807) is 0 Å². The molecule has 2 aromatic rings. The summed E-state index contributed by atoms with van der Waals surface area (Å²) >= 11 is 1.12. The second-order valence-corrected chi connectivity index (χ2v) is 6.24. The van der Waals surface area contributed by atoms with E-state index < -0.39 is 6.36 Å². The van der Waals surface area contributed by atoms with Crippen molar-refractivity contribution in [1.82, 2.24) is 10.3 Å². The molecular weight excluding hydrogens is 367 g/mol. The van der Waals surface area contributed by atoms with E-state index in [1.807, 2.05) is 0 Å². The van der Waals surface area contributed by atoms with Gasteiger partial charge in [0.05, 0.1) is 10.2 Å². The molecule has 0 atom stereocenters. The second-order valence-electron chi connectivity index (χ2n) is 5.21. The van der Waals surface area contributed by atoms with E-state index in [4.69, 9.17) is 0 Å². The van der Waals surface area contributed by atoms with Crippen LogP contribution in [0.5, 0.6) is 5.75 Å². The van der Waals surface area contributed by atoms with Crippen LogP contribution < -0.4 is 15.4 Å². The molecule has 0 bridgehead atoms. The number of piperidine rings is 1. The van der Waals surface area contributed by atoms with Crippen LogP contribution in [-0.2, 0) is 4.79 Å². The van der Waals surface area contributed by atoms with Gasteiger partial charge in [0.2, 0.25) is 5.91 Å². The molecule has 0 radical (unpaired) electrons. The molecule has 3 rings (SSSR count). The highest BCUT2D eigenvalue weighted by atomic mass is 35.5. The number of carbonyl (C=O) groups is 1. The number of nitrogens with one attached hydrogen (secondary N) is 2. The lowest BCUT2D eigenvalue weighted by molar-refractivity contribution is -0.274. The number of nitrogens with zero attached hydrogens (tertiary/aromatic N) is 1. The van der Waals surface area contributed by atoms with Crippen LogP contribution in [0.4, 0.5) is 18.3 Å². The first kappa shape index (κ1) is 18.8. The van der Waals surface area contributed by atoms with Gasteiger partial charge in [0.15, 0.2) is 5.13 Å². The number of alkyl halides is 3. The number of carbonyl (C=O) groups excluding carboxylic acids is 1. The number of aromatic nitrogens is 1. The molecule has 1 amide bonds. The molecule has 2 N–H and O–H groups in total. The molecule has 0 spiro atoms. The molecule has 0 saturated carbocycles. The number of amides is 1. The second kappa shape index (κ2) is 7.54. The van der Waals surface area contributed by atoms with Crippen molar-refractivity contribution in [1.29, 1.82) is 0 Å². The van der Waals surface area contributed by atoms with Gasteiger partial charge in [-0.15, -0.1) is 25.6 Å². The number of ether oxygens (including phenoxy) is 1. The van der Waals surface area contributed by atoms with Crippen LogP contribution in [0.25, 0.3) is 10.2 Å². The van der Waals surface area contributed by atoms with Crippen molar-refractivity contribution in [2.45, 2.75) is 19.2 Å². The van der Waals surface area contributed by atoms with Crippen molar-refractivity contribution in [2.75, 3.05) is 18.4 Å². The summed E-state index contributed by atoms with van der Waals surface area (Å²) in [6, 6.07) is 3.90. The fourth-order valence-electron chi connectivity index (χ4n) is 2.45. The number of hydrogen-bond acceptors (Lipinski definition) is 5. The summed E-state index contributed by atoms with van der Waals surface area (Å²) in [5, 5.41) is 6.31. The van der Waals surface area contributed by atoms with Crippen molar-refractivity contribution in [2.24, 2.45) is 5.92 Å². The maximum atomic E-state index is 12.2. The predicted octanol–water partition coefficient (Wildman–Crippen LogP) is 3.55. The summed E-state index contributed by atoms with van der Waals surface area (Å²) in [5.41, 5.74) is 0.519. The van der Waals surface area contributed by atoms with Crippen molar-refractivity contribution in [3.05, 3.63) is 18.2 Å². The maximum Gasteiger partial charge on any atom is 0.573 e. The highest BCUT2D eigenvalue weighted by Gasteiger charge is 2.31. The largest absolute Gasteiger partial charge is 0.573 e. The fourth-order valence-corrected chi connectivity index (χ4v) is 3.34. The molecule has 5 nitrogen and oxygen atoms in total. The monoisotopic (exact) mass is 381 g/mol. The predicted molar refractivity (Wildman–Crippen MR) is 87.8 cm³/mol. The van der Waals surface area contributed by atoms with Gasteiger partial charge in [0, 0.05) is 12.0 Å². The zero-order valence-corrected chi connectivity index (χ0v) is 14.0. The molecule has 132 valence electrons. The third kappa shape index (κ3) is 4.71. The Morgan fingerprint density at radius 2 is 2.04 bits per heavy atom. The Hall–Kier alpha value is -1.58. The van der Waals surface area contributed by atoms with Gasteiger partial charge >= 0.3 is 6.36 Å². The normalized spacial score (nSPS) is 15.8. The quantitative estimate of drug-likeness (QED) is 0.853. The molecular formula is C14H15ClF3N3O2S. The van der Waals surface area contributed by atoms with Gasteiger partial charge in [-0.2, -0.15) is 0 Å². The molecule has 1 saturated heterocycles. The van der Waals surface area contributed by atoms with Crippen molar-refractivity contribution in [3.8, 4) is 5.75 Å². The number of fused-ring (bicyclic) bond motifs is 1. The van der Waals surface area contributed by atoms with Crippen LogP contribution in [0.15, 0.2) is 18.2 Å². The molecule has 1 fully saturated rings. The summed E-state index contributed by atoms with van der Waals surface area (Å²) < 4.78 is 41.1. The van der Waals surface area contributed by atoms with Crippen LogP contribution in [0, 0.1) is 5.92 Å². The number of benzene rings is 1. The van der Waals surface area contributed by atoms with E-state index in [2.05, 4.69) is 20.4 Å². The molecule has 2 heterocycles. The summed E-state index contributed by atoms with van der Waals surface area (Å²) in [7, 11) is 0. The SMILES string of the molecule is Cl.O=C(Nc1nc2ccc(OC(F)(F)F)cc2s1)C1CCNCC1. The van der Waals surface area contributed by atoms with Crippen molar-refractivity contribution < 1.29 is 22.7 Å². The lowest BCUT2D eigenvalue weighted by atomic mass is 9.97. The third-order valence-electron chi connectivity index (χ3n) is 3.53. The van der Waals surface area contributed by atoms with Gasteiger partial charge < -0.3 is 15.4 Å². The van der Waals surface area contributed by atoms with E-state index in [0.717, 1.165) is 37.3 Å². The minimum atomic E-state index is -4.73. The van der Waals surface area contributed by atoms with Crippen LogP contribution in [0.2, 0.25) is 0 Å². The average molecular weight is 382 g/mol. The first-order valence-electron chi connectivity index (χ1n) is 7.09. The maximum absolute atomic E-state index is 12.2. The third-order valence-corrected chi connectivity index (χ3v) is 4.47. The summed E-state index contributed by atoms with van der Waals surface area (Å²) in [6.45, 7) is 1.60. The molecule has 1 aromatic carbocycles. The van der Waals surface area contributed by atoms with Gasteiger partial charge in [-0.25, -0.2) is 4.98 Å². The van der Waals surface area contributed by atoms with Crippen molar-refractivity contribution in [3.63, 3.8) is 0 Å². The zero-order valence-electron chi connectivity index (χ0n) is 12.4. The van der Waals surface area contributed by atoms with Crippen LogP contribution in [0.3, 0.4) is 0 Å².